The van der Waals surface area contributed by atoms with E-state index in [2.05, 4.69) is 30.2 Å². The summed E-state index contributed by atoms with van der Waals surface area (Å²) in [4.78, 5) is 49.1. The van der Waals surface area contributed by atoms with Crippen LogP contribution in [0.1, 0.15) is 26.3 Å². The molecule has 0 spiro atoms. The molecule has 0 unspecified atom stereocenters. The maximum Gasteiger partial charge on any atom is 0.315 e. The summed E-state index contributed by atoms with van der Waals surface area (Å²) in [5.41, 5.74) is 1.88. The van der Waals surface area contributed by atoms with Gasteiger partial charge in [0.2, 0.25) is 0 Å². The molecule has 2 N–H and O–H groups in total. The standard InChI is InChI=1S/C26H24ClN5O4S/c1-32-12-11-28-24(32)16-3-5-17(6-4-16)25(34)30-21-9-8-19(37-15-23(33)36-2)13-20(21)26(35)31-22-10-7-18(27)14-29-22/h3-10,13-14H,11-12,15H2,1-2H3,(H,30,34)(H,29,31,35). The summed E-state index contributed by atoms with van der Waals surface area (Å²) in [6.45, 7) is 1.61. The number of amidine groups is 1. The van der Waals surface area contributed by atoms with E-state index in [1.807, 2.05) is 19.2 Å². The molecule has 0 saturated heterocycles. The van der Waals surface area contributed by atoms with Crippen molar-refractivity contribution in [1.82, 2.24) is 9.88 Å². The number of aliphatic imine (C=N–C) groups is 1. The Bertz CT molecular complexity index is 1350. The number of rotatable bonds is 8. The minimum Gasteiger partial charge on any atom is -0.468 e. The van der Waals surface area contributed by atoms with Crippen LogP contribution in [0.25, 0.3) is 0 Å². The van der Waals surface area contributed by atoms with Gasteiger partial charge in [0.15, 0.2) is 0 Å². The predicted octanol–water partition coefficient (Wildman–Crippen LogP) is 4.20. The highest BCUT2D eigenvalue weighted by molar-refractivity contribution is 8.00. The molecular formula is C26H24ClN5O4S. The van der Waals surface area contributed by atoms with Crippen LogP contribution in [0.4, 0.5) is 11.5 Å². The van der Waals surface area contributed by atoms with Gasteiger partial charge < -0.3 is 20.3 Å². The Balaban J connectivity index is 1.55. The number of carbonyl (C=O) groups excluding carboxylic acids is 3. The van der Waals surface area contributed by atoms with Gasteiger partial charge in [0, 0.05) is 35.8 Å². The fourth-order valence-corrected chi connectivity index (χ4v) is 4.43. The van der Waals surface area contributed by atoms with E-state index in [-0.39, 0.29) is 17.2 Å². The molecule has 11 heteroatoms. The van der Waals surface area contributed by atoms with Crippen LogP contribution < -0.4 is 10.6 Å². The van der Waals surface area contributed by atoms with Crippen LogP contribution in [0.2, 0.25) is 5.02 Å². The van der Waals surface area contributed by atoms with Gasteiger partial charge in [-0.1, -0.05) is 23.7 Å². The molecular weight excluding hydrogens is 514 g/mol. The largest absolute Gasteiger partial charge is 0.468 e. The number of ether oxygens (including phenoxy) is 1. The van der Waals surface area contributed by atoms with Crippen molar-refractivity contribution in [2.75, 3.05) is 43.6 Å². The number of esters is 1. The Morgan fingerprint density at radius 1 is 1.05 bits per heavy atom. The van der Waals surface area contributed by atoms with Crippen molar-refractivity contribution in [2.45, 2.75) is 4.90 Å². The Morgan fingerprint density at radius 3 is 2.49 bits per heavy atom. The molecule has 1 aliphatic rings. The van der Waals surface area contributed by atoms with Crippen molar-refractivity contribution in [1.29, 1.82) is 0 Å². The minimum absolute atomic E-state index is 0.0782. The average molecular weight is 538 g/mol. The third-order valence-corrected chi connectivity index (χ3v) is 6.69. The first-order valence-electron chi connectivity index (χ1n) is 11.3. The normalized spacial score (nSPS) is 12.6. The second kappa shape index (κ2) is 11.9. The number of hydrogen-bond acceptors (Lipinski definition) is 8. The van der Waals surface area contributed by atoms with Crippen molar-refractivity contribution in [3.8, 4) is 0 Å². The number of nitrogens with one attached hydrogen (secondary N) is 2. The van der Waals surface area contributed by atoms with E-state index in [1.165, 1.54) is 25.1 Å². The Kier molecular flexibility index (Phi) is 8.42. The summed E-state index contributed by atoms with van der Waals surface area (Å²) in [6.07, 6.45) is 1.42. The fourth-order valence-electron chi connectivity index (χ4n) is 3.55. The van der Waals surface area contributed by atoms with Crippen LogP contribution in [0.5, 0.6) is 0 Å². The smallest absolute Gasteiger partial charge is 0.315 e. The summed E-state index contributed by atoms with van der Waals surface area (Å²) < 4.78 is 4.69. The Hall–Kier alpha value is -3.89. The van der Waals surface area contributed by atoms with Crippen LogP contribution in [0.15, 0.2) is 70.7 Å². The topological polar surface area (TPSA) is 113 Å². The molecule has 190 valence electrons. The third-order valence-electron chi connectivity index (χ3n) is 5.50. The first-order chi connectivity index (χ1) is 17.8. The van der Waals surface area contributed by atoms with Crippen molar-refractivity contribution in [3.63, 3.8) is 0 Å². The lowest BCUT2D eigenvalue weighted by Crippen LogP contribution is -2.23. The lowest BCUT2D eigenvalue weighted by molar-refractivity contribution is -0.137. The number of likely N-dealkylation sites (N-methyl/N-ethyl adjacent to an activating group) is 1. The molecule has 2 aromatic carbocycles. The number of aromatic nitrogens is 1. The van der Waals surface area contributed by atoms with E-state index < -0.39 is 11.9 Å². The predicted molar refractivity (Wildman–Crippen MR) is 145 cm³/mol. The second-order valence-corrected chi connectivity index (χ2v) is 9.53. The Labute approximate surface area is 223 Å². The van der Waals surface area contributed by atoms with Crippen molar-refractivity contribution < 1.29 is 19.1 Å². The molecule has 2 heterocycles. The monoisotopic (exact) mass is 537 g/mol. The van der Waals surface area contributed by atoms with Crippen LogP contribution in [-0.4, -0.2) is 66.5 Å². The van der Waals surface area contributed by atoms with Crippen molar-refractivity contribution in [2.24, 2.45) is 4.99 Å². The highest BCUT2D eigenvalue weighted by Gasteiger charge is 2.18. The van der Waals surface area contributed by atoms with Gasteiger partial charge >= 0.3 is 5.97 Å². The van der Waals surface area contributed by atoms with Gasteiger partial charge in [-0.05, 0) is 42.5 Å². The molecule has 0 bridgehead atoms. The number of halogens is 1. The van der Waals surface area contributed by atoms with Gasteiger partial charge in [0.05, 0.1) is 35.7 Å². The lowest BCUT2D eigenvalue weighted by Gasteiger charge is -2.15. The zero-order chi connectivity index (χ0) is 26.4. The van der Waals surface area contributed by atoms with Crippen molar-refractivity contribution in [3.05, 3.63) is 82.5 Å². The van der Waals surface area contributed by atoms with Crippen LogP contribution >= 0.6 is 23.4 Å². The highest BCUT2D eigenvalue weighted by atomic mass is 35.5. The molecule has 3 aromatic rings. The fraction of sp³-hybridized carbons (Fsp3) is 0.192. The Morgan fingerprint density at radius 2 is 1.84 bits per heavy atom. The summed E-state index contributed by atoms with van der Waals surface area (Å²) in [7, 11) is 3.29. The highest BCUT2D eigenvalue weighted by Crippen LogP contribution is 2.26. The van der Waals surface area contributed by atoms with Gasteiger partial charge in [-0.3, -0.25) is 19.4 Å². The van der Waals surface area contributed by atoms with Gasteiger partial charge in [-0.2, -0.15) is 0 Å². The molecule has 1 aliphatic heterocycles. The quantitative estimate of drug-likeness (QED) is 0.327. The zero-order valence-electron chi connectivity index (χ0n) is 20.2. The van der Waals surface area contributed by atoms with E-state index in [9.17, 15) is 14.4 Å². The van der Waals surface area contributed by atoms with E-state index in [0.29, 0.717) is 27.0 Å². The molecule has 0 fully saturated rings. The molecule has 0 saturated carbocycles. The molecule has 0 radical (unpaired) electrons. The zero-order valence-corrected chi connectivity index (χ0v) is 21.7. The molecule has 2 amide bonds. The van der Waals surface area contributed by atoms with E-state index >= 15 is 0 Å². The molecule has 0 aliphatic carbocycles. The van der Waals surface area contributed by atoms with Crippen LogP contribution in [0, 0.1) is 0 Å². The number of pyridine rings is 1. The third kappa shape index (κ3) is 6.66. The molecule has 37 heavy (non-hydrogen) atoms. The SMILES string of the molecule is COC(=O)CSc1ccc(NC(=O)c2ccc(C3=NCCN3C)cc2)c(C(=O)Nc2ccc(Cl)cn2)c1. The molecule has 4 rings (SSSR count). The summed E-state index contributed by atoms with van der Waals surface area (Å²) in [5, 5.41) is 5.96. The first kappa shape index (κ1) is 26.2. The van der Waals surface area contributed by atoms with Crippen LogP contribution in [-0.2, 0) is 9.53 Å². The number of nitrogens with zero attached hydrogens (tertiary/aromatic N) is 3. The van der Waals surface area contributed by atoms with E-state index in [1.54, 1.807) is 42.5 Å². The molecule has 9 nitrogen and oxygen atoms in total. The van der Waals surface area contributed by atoms with Crippen LogP contribution in [0.3, 0.4) is 0 Å². The number of carbonyl (C=O) groups is 3. The number of amides is 2. The molecule has 1 aromatic heterocycles. The summed E-state index contributed by atoms with van der Waals surface area (Å²) >= 11 is 7.10. The molecule has 0 atom stereocenters. The first-order valence-corrected chi connectivity index (χ1v) is 12.6. The van der Waals surface area contributed by atoms with Gasteiger partial charge in [0.1, 0.15) is 11.7 Å². The second-order valence-electron chi connectivity index (χ2n) is 8.05. The average Bonchev–Trinajstić information content (AvgIpc) is 3.34. The van der Waals surface area contributed by atoms with Crippen molar-refractivity contribution >= 4 is 58.5 Å². The maximum atomic E-state index is 13.2. The number of hydrogen-bond donors (Lipinski definition) is 2. The number of anilines is 2. The minimum atomic E-state index is -0.483. The summed E-state index contributed by atoms with van der Waals surface area (Å²) in [5.74, 6) is 0.0213. The van der Waals surface area contributed by atoms with Gasteiger partial charge in [-0.25, -0.2) is 4.98 Å². The number of methoxy groups -OCH3 is 1. The number of benzene rings is 2. The van der Waals surface area contributed by atoms with Gasteiger partial charge in [0.25, 0.3) is 11.8 Å². The lowest BCUT2D eigenvalue weighted by atomic mass is 10.1. The van der Waals surface area contributed by atoms with E-state index in [4.69, 9.17) is 11.6 Å². The van der Waals surface area contributed by atoms with E-state index in [0.717, 1.165) is 24.5 Å². The summed E-state index contributed by atoms with van der Waals surface area (Å²) in [6, 6.07) is 15.3. The number of thioether (sulfide) groups is 1. The maximum absolute atomic E-state index is 13.2. The van der Waals surface area contributed by atoms with Gasteiger partial charge in [-0.15, -0.1) is 11.8 Å².